The first-order chi connectivity index (χ1) is 13.6. The van der Waals surface area contributed by atoms with Crippen LogP contribution < -0.4 is 5.32 Å². The van der Waals surface area contributed by atoms with E-state index in [9.17, 15) is 18.9 Å². The molecule has 2 heterocycles. The van der Waals surface area contributed by atoms with Crippen molar-refractivity contribution < 1.29 is 42.0 Å². The smallest absolute Gasteiger partial charge is 0.469 e. The van der Waals surface area contributed by atoms with Crippen LogP contribution in [0.5, 0.6) is 0 Å². The summed E-state index contributed by atoms with van der Waals surface area (Å²) in [5, 5.41) is 2.52. The molecule has 0 aromatic carbocycles. The normalized spacial score (nSPS) is 23.2. The van der Waals surface area contributed by atoms with E-state index in [1.807, 2.05) is 0 Å². The molecule has 13 heteroatoms. The van der Waals surface area contributed by atoms with Crippen LogP contribution in [0, 0.1) is 12.3 Å². The number of phosphoric ester groups is 1. The Balaban J connectivity index is 1.91. The van der Waals surface area contributed by atoms with Crippen LogP contribution in [0.15, 0.2) is 6.20 Å². The Kier molecular flexibility index (Phi) is 7.89. The van der Waals surface area contributed by atoms with Gasteiger partial charge in [0.1, 0.15) is 4.88 Å². The Bertz CT molecular complexity index is 810. The minimum absolute atomic E-state index is 0.0208. The Hall–Kier alpha value is -1.85. The molecule has 0 bridgehead atoms. The molecule has 1 aromatic rings. The molecule has 11 nitrogen and oxygen atoms in total. The highest BCUT2D eigenvalue weighted by Gasteiger charge is 2.49. The molecule has 1 aliphatic heterocycles. The molecule has 1 fully saturated rings. The molecule has 2 atom stereocenters. The van der Waals surface area contributed by atoms with Crippen molar-refractivity contribution in [1.29, 1.82) is 0 Å². The fourth-order valence-electron chi connectivity index (χ4n) is 2.27. The summed E-state index contributed by atoms with van der Waals surface area (Å²) in [6, 6.07) is 0. The molecule has 162 valence electrons. The van der Waals surface area contributed by atoms with E-state index in [2.05, 4.69) is 14.4 Å². The average molecular weight is 450 g/mol. The van der Waals surface area contributed by atoms with Crippen LogP contribution in [-0.2, 0) is 37.2 Å². The summed E-state index contributed by atoms with van der Waals surface area (Å²) >= 11 is 0.960. The van der Waals surface area contributed by atoms with Gasteiger partial charge in [-0.05, 0) is 24.0 Å². The summed E-state index contributed by atoms with van der Waals surface area (Å²) in [5.41, 5.74) is -0.175. The van der Waals surface area contributed by atoms with E-state index in [0.29, 0.717) is 10.4 Å². The number of nitrogens with zero attached hydrogens (tertiary/aromatic N) is 1. The van der Waals surface area contributed by atoms with E-state index < -0.39 is 44.0 Å². The van der Waals surface area contributed by atoms with E-state index in [0.717, 1.165) is 11.5 Å². The van der Waals surface area contributed by atoms with Gasteiger partial charge in [-0.1, -0.05) is 13.8 Å². The third kappa shape index (κ3) is 6.31. The molecule has 2 rings (SSSR count). The molecule has 1 aliphatic rings. The maximum atomic E-state index is 12.7. The van der Waals surface area contributed by atoms with E-state index in [1.165, 1.54) is 13.3 Å². The lowest BCUT2D eigenvalue weighted by atomic mass is 9.87. The molecule has 0 saturated carbocycles. The lowest BCUT2D eigenvalue weighted by molar-refractivity contribution is -0.144. The second-order valence-corrected chi connectivity index (χ2v) is 9.25. The number of hydrogen-bond donors (Lipinski definition) is 1. The number of hydrogen-bond acceptors (Lipinski definition) is 11. The van der Waals surface area contributed by atoms with Crippen molar-refractivity contribution in [2.24, 2.45) is 5.41 Å². The van der Waals surface area contributed by atoms with Crippen LogP contribution in [0.2, 0.25) is 0 Å². The van der Waals surface area contributed by atoms with E-state index in [1.54, 1.807) is 20.8 Å². The van der Waals surface area contributed by atoms with Crippen molar-refractivity contribution in [2.45, 2.75) is 33.3 Å². The lowest BCUT2D eigenvalue weighted by Crippen LogP contribution is -2.50. The van der Waals surface area contributed by atoms with Crippen molar-refractivity contribution in [2.75, 3.05) is 27.1 Å². The highest BCUT2D eigenvalue weighted by molar-refractivity contribution is 7.48. The maximum Gasteiger partial charge on any atom is 0.478 e. The fraction of sp³-hybridized carbons (Fsp3) is 0.625. The maximum absolute atomic E-state index is 12.7. The molecule has 1 aromatic heterocycles. The lowest BCUT2D eigenvalue weighted by Gasteiger charge is -2.39. The minimum atomic E-state index is -4.15. The SMILES string of the molecule is COC(=O)CCNC(=O)[C@@H]1OP(=O)(OCOC(=O)c2sncc2C)OCC1(C)C. The highest BCUT2D eigenvalue weighted by atomic mass is 32.1. The number of ether oxygens (including phenoxy) is 2. The number of rotatable bonds is 8. The van der Waals surface area contributed by atoms with Gasteiger partial charge in [0.05, 0.1) is 20.1 Å². The van der Waals surface area contributed by atoms with Gasteiger partial charge in [0.25, 0.3) is 0 Å². The van der Waals surface area contributed by atoms with Crippen LogP contribution in [0.25, 0.3) is 0 Å². The molecule has 1 unspecified atom stereocenters. The topological polar surface area (TPSA) is 139 Å². The fourth-order valence-corrected chi connectivity index (χ4v) is 4.43. The number of carbonyl (C=O) groups excluding carboxylic acids is 3. The van der Waals surface area contributed by atoms with Crippen LogP contribution >= 0.6 is 19.4 Å². The molecule has 1 amide bonds. The standard InChI is InChI=1S/C16H23N2O9PS/c1-10-7-18-29-12(10)15(21)24-9-26-28(22)25-8-16(2,3)13(27-28)14(20)17-6-5-11(19)23-4/h7,13H,5-6,8-9H2,1-4H3,(H,17,20)/t13-,28?/m0/s1. The zero-order chi connectivity index (χ0) is 21.7. The summed E-state index contributed by atoms with van der Waals surface area (Å²) in [6.45, 7) is 4.31. The first kappa shape index (κ1) is 23.4. The van der Waals surface area contributed by atoms with Crippen molar-refractivity contribution in [1.82, 2.24) is 9.69 Å². The van der Waals surface area contributed by atoms with Gasteiger partial charge in [0.15, 0.2) is 6.10 Å². The van der Waals surface area contributed by atoms with E-state index in [4.69, 9.17) is 18.3 Å². The third-order valence-corrected chi connectivity index (χ3v) is 6.19. The number of methoxy groups -OCH3 is 1. The van der Waals surface area contributed by atoms with Gasteiger partial charge < -0.3 is 14.8 Å². The van der Waals surface area contributed by atoms with Gasteiger partial charge in [-0.15, -0.1) is 0 Å². The molecule has 0 radical (unpaired) electrons. The summed E-state index contributed by atoms with van der Waals surface area (Å²) in [7, 11) is -2.91. The number of esters is 2. The van der Waals surface area contributed by atoms with Crippen molar-refractivity contribution in [3.63, 3.8) is 0 Å². The number of carbonyl (C=O) groups is 3. The van der Waals surface area contributed by atoms with Gasteiger partial charge in [0.2, 0.25) is 12.7 Å². The average Bonchev–Trinajstić information content (AvgIpc) is 3.09. The van der Waals surface area contributed by atoms with E-state index in [-0.39, 0.29) is 19.6 Å². The van der Waals surface area contributed by atoms with Gasteiger partial charge in [-0.3, -0.25) is 18.6 Å². The monoisotopic (exact) mass is 450 g/mol. The van der Waals surface area contributed by atoms with Gasteiger partial charge >= 0.3 is 19.8 Å². The Morgan fingerprint density at radius 3 is 2.76 bits per heavy atom. The predicted molar refractivity (Wildman–Crippen MR) is 100 cm³/mol. The molecular formula is C16H23N2O9PS. The number of phosphoric acid groups is 1. The summed E-state index contributed by atoms with van der Waals surface area (Å²) in [4.78, 5) is 35.8. The molecule has 29 heavy (non-hydrogen) atoms. The van der Waals surface area contributed by atoms with Crippen LogP contribution in [0.3, 0.4) is 0 Å². The van der Waals surface area contributed by atoms with Gasteiger partial charge in [-0.2, -0.15) is 0 Å². The number of aryl methyl sites for hydroxylation is 1. The molecule has 0 spiro atoms. The Labute approximate surface area is 171 Å². The Morgan fingerprint density at radius 1 is 1.41 bits per heavy atom. The number of amides is 1. The summed E-state index contributed by atoms with van der Waals surface area (Å²) < 4.78 is 41.4. The van der Waals surface area contributed by atoms with Crippen LogP contribution in [-0.4, -0.2) is 55.4 Å². The summed E-state index contributed by atoms with van der Waals surface area (Å²) in [6.07, 6.45) is 0.329. The van der Waals surface area contributed by atoms with Crippen LogP contribution in [0.4, 0.5) is 0 Å². The quantitative estimate of drug-likeness (QED) is 0.354. The second-order valence-electron chi connectivity index (χ2n) is 6.83. The number of aromatic nitrogens is 1. The predicted octanol–water partition coefficient (Wildman–Crippen LogP) is 1.81. The highest BCUT2D eigenvalue weighted by Crippen LogP contribution is 2.57. The van der Waals surface area contributed by atoms with Crippen LogP contribution in [0.1, 0.15) is 35.5 Å². The second kappa shape index (κ2) is 9.77. The van der Waals surface area contributed by atoms with E-state index >= 15 is 0 Å². The third-order valence-electron chi connectivity index (χ3n) is 3.97. The van der Waals surface area contributed by atoms with Crippen molar-refractivity contribution >= 4 is 37.2 Å². The first-order valence-electron chi connectivity index (χ1n) is 8.58. The Morgan fingerprint density at radius 2 is 2.14 bits per heavy atom. The van der Waals surface area contributed by atoms with Gasteiger partial charge in [-0.25, -0.2) is 18.3 Å². The van der Waals surface area contributed by atoms with Crippen molar-refractivity contribution in [3.8, 4) is 0 Å². The number of nitrogens with one attached hydrogen (secondary N) is 1. The molecule has 0 aliphatic carbocycles. The largest absolute Gasteiger partial charge is 0.478 e. The molecule has 1 N–H and O–H groups in total. The molecular weight excluding hydrogens is 427 g/mol. The first-order valence-corrected chi connectivity index (χ1v) is 10.8. The summed E-state index contributed by atoms with van der Waals surface area (Å²) in [5.74, 6) is -1.75. The zero-order valence-electron chi connectivity index (χ0n) is 16.5. The van der Waals surface area contributed by atoms with Crippen molar-refractivity contribution in [3.05, 3.63) is 16.6 Å². The van der Waals surface area contributed by atoms with Gasteiger partial charge in [0, 0.05) is 18.2 Å². The minimum Gasteiger partial charge on any atom is -0.469 e. The zero-order valence-corrected chi connectivity index (χ0v) is 18.2. The molecule has 1 saturated heterocycles.